The van der Waals surface area contributed by atoms with Crippen LogP contribution in [-0.4, -0.2) is 35.9 Å². The van der Waals surface area contributed by atoms with Crippen molar-refractivity contribution in [3.8, 4) is 0 Å². The normalized spacial score (nSPS) is 13.8. The number of methoxy groups -OCH3 is 1. The van der Waals surface area contributed by atoms with Crippen molar-refractivity contribution in [2.75, 3.05) is 7.11 Å². The number of nitrogens with zero attached hydrogens (tertiary/aromatic N) is 1. The van der Waals surface area contributed by atoms with Crippen molar-refractivity contribution in [2.24, 2.45) is 0 Å². The summed E-state index contributed by atoms with van der Waals surface area (Å²) >= 11 is 0. The van der Waals surface area contributed by atoms with E-state index in [1.165, 1.54) is 58.5 Å². The van der Waals surface area contributed by atoms with Gasteiger partial charge in [0.25, 0.3) is 11.8 Å². The Balaban J connectivity index is 1.80. The SMILES string of the molecule is COC(=O)CCCCCCCCCCCCCCCC(=O)ON1C(=O)CCC1=O. The van der Waals surface area contributed by atoms with Gasteiger partial charge in [-0.2, -0.15) is 0 Å². The summed E-state index contributed by atoms with van der Waals surface area (Å²) in [6, 6.07) is 0. The number of hydrogen-bond donors (Lipinski definition) is 0. The molecule has 7 heteroatoms. The van der Waals surface area contributed by atoms with Gasteiger partial charge in [-0.25, -0.2) is 4.79 Å². The second-order valence-electron chi connectivity index (χ2n) is 7.72. The summed E-state index contributed by atoms with van der Waals surface area (Å²) in [5, 5.41) is 0.616. The van der Waals surface area contributed by atoms with Crippen molar-refractivity contribution >= 4 is 23.8 Å². The van der Waals surface area contributed by atoms with E-state index in [1.54, 1.807) is 0 Å². The molecule has 0 N–H and O–H groups in total. The van der Waals surface area contributed by atoms with Crippen molar-refractivity contribution in [3.05, 3.63) is 0 Å². The van der Waals surface area contributed by atoms with Gasteiger partial charge in [0.2, 0.25) is 0 Å². The first kappa shape index (κ1) is 25.1. The maximum atomic E-state index is 11.7. The molecule has 1 heterocycles. The molecule has 0 aliphatic carbocycles. The van der Waals surface area contributed by atoms with Crippen LogP contribution in [0.3, 0.4) is 0 Å². The average Bonchev–Trinajstić information content (AvgIpc) is 3.02. The molecular formula is C22H37NO6. The minimum atomic E-state index is -0.501. The number of hydrogen-bond acceptors (Lipinski definition) is 6. The first-order chi connectivity index (χ1) is 14.0. The molecule has 0 aromatic carbocycles. The lowest BCUT2D eigenvalue weighted by Crippen LogP contribution is -2.31. The van der Waals surface area contributed by atoms with Crippen LogP contribution < -0.4 is 0 Å². The summed E-state index contributed by atoms with van der Waals surface area (Å²) < 4.78 is 4.62. The average molecular weight is 412 g/mol. The highest BCUT2D eigenvalue weighted by atomic mass is 16.7. The third-order valence-corrected chi connectivity index (χ3v) is 5.19. The summed E-state index contributed by atoms with van der Waals surface area (Å²) in [5.74, 6) is -1.47. The van der Waals surface area contributed by atoms with E-state index in [1.807, 2.05) is 0 Å². The fourth-order valence-electron chi connectivity index (χ4n) is 3.39. The number of imide groups is 1. The van der Waals surface area contributed by atoms with Gasteiger partial charge in [0.1, 0.15) is 0 Å². The number of esters is 1. The number of amides is 2. The quantitative estimate of drug-likeness (QED) is 0.197. The van der Waals surface area contributed by atoms with Gasteiger partial charge < -0.3 is 9.57 Å². The van der Waals surface area contributed by atoms with E-state index in [4.69, 9.17) is 4.84 Å². The largest absolute Gasteiger partial charge is 0.469 e. The molecule has 29 heavy (non-hydrogen) atoms. The van der Waals surface area contributed by atoms with Crippen LogP contribution >= 0.6 is 0 Å². The lowest BCUT2D eigenvalue weighted by atomic mass is 10.0. The third kappa shape index (κ3) is 12.3. The zero-order chi connectivity index (χ0) is 21.3. The van der Waals surface area contributed by atoms with Crippen LogP contribution in [0.15, 0.2) is 0 Å². The van der Waals surface area contributed by atoms with E-state index in [9.17, 15) is 19.2 Å². The monoisotopic (exact) mass is 411 g/mol. The van der Waals surface area contributed by atoms with Crippen LogP contribution in [0.4, 0.5) is 0 Å². The number of carbonyl (C=O) groups is 4. The Bertz CT molecular complexity index is 503. The van der Waals surface area contributed by atoms with Gasteiger partial charge in [-0.05, 0) is 12.8 Å². The molecule has 1 saturated heterocycles. The summed E-state index contributed by atoms with van der Waals surface area (Å²) in [6.07, 6.45) is 15.7. The van der Waals surface area contributed by atoms with Gasteiger partial charge in [0.15, 0.2) is 0 Å². The number of carbonyl (C=O) groups excluding carboxylic acids is 4. The van der Waals surface area contributed by atoms with E-state index in [0.717, 1.165) is 32.1 Å². The molecule has 1 aliphatic rings. The molecule has 2 amide bonds. The Morgan fingerprint density at radius 1 is 0.655 bits per heavy atom. The van der Waals surface area contributed by atoms with E-state index < -0.39 is 17.8 Å². The van der Waals surface area contributed by atoms with Gasteiger partial charge in [-0.1, -0.05) is 70.6 Å². The standard InChI is InChI=1S/C22H37NO6/c1-28-21(26)15-13-11-9-7-5-3-2-4-6-8-10-12-14-16-22(27)29-23-19(24)17-18-20(23)25/h2-18H2,1H3. The predicted octanol–water partition coefficient (Wildman–Crippen LogP) is 4.62. The van der Waals surface area contributed by atoms with Crippen molar-refractivity contribution in [1.29, 1.82) is 0 Å². The van der Waals surface area contributed by atoms with Gasteiger partial charge in [-0.3, -0.25) is 14.4 Å². The fourth-order valence-corrected chi connectivity index (χ4v) is 3.39. The smallest absolute Gasteiger partial charge is 0.333 e. The van der Waals surface area contributed by atoms with E-state index in [-0.39, 0.29) is 25.2 Å². The molecule has 0 aromatic heterocycles. The maximum absolute atomic E-state index is 11.7. The first-order valence-electron chi connectivity index (χ1n) is 11.2. The van der Waals surface area contributed by atoms with Crippen molar-refractivity contribution in [3.63, 3.8) is 0 Å². The van der Waals surface area contributed by atoms with Crippen LogP contribution in [-0.2, 0) is 28.8 Å². The third-order valence-electron chi connectivity index (χ3n) is 5.19. The molecule has 0 spiro atoms. The fraction of sp³-hybridized carbons (Fsp3) is 0.818. The van der Waals surface area contributed by atoms with Crippen LogP contribution in [0.2, 0.25) is 0 Å². The highest BCUT2D eigenvalue weighted by molar-refractivity contribution is 6.01. The Morgan fingerprint density at radius 2 is 1.00 bits per heavy atom. The second kappa shape index (κ2) is 15.9. The van der Waals surface area contributed by atoms with Crippen LogP contribution in [0, 0.1) is 0 Å². The van der Waals surface area contributed by atoms with Crippen LogP contribution in [0.1, 0.15) is 109 Å². The molecule has 0 atom stereocenters. The lowest BCUT2D eigenvalue weighted by Gasteiger charge is -2.12. The number of ether oxygens (including phenoxy) is 1. The van der Waals surface area contributed by atoms with Gasteiger partial charge in [0.05, 0.1) is 7.11 Å². The minimum absolute atomic E-state index is 0.111. The second-order valence-corrected chi connectivity index (χ2v) is 7.72. The number of hydroxylamine groups is 2. The minimum Gasteiger partial charge on any atom is -0.469 e. The summed E-state index contributed by atoms with van der Waals surface area (Å²) in [4.78, 5) is 50.2. The summed E-state index contributed by atoms with van der Waals surface area (Å²) in [5.41, 5.74) is 0. The summed E-state index contributed by atoms with van der Waals surface area (Å²) in [7, 11) is 1.43. The molecule has 1 fully saturated rings. The van der Waals surface area contributed by atoms with Crippen LogP contribution in [0.5, 0.6) is 0 Å². The molecule has 0 aromatic rings. The zero-order valence-electron chi connectivity index (χ0n) is 17.9. The number of unbranched alkanes of at least 4 members (excludes halogenated alkanes) is 12. The van der Waals surface area contributed by atoms with E-state index in [2.05, 4.69) is 4.74 Å². The Kier molecular flexibility index (Phi) is 13.8. The van der Waals surface area contributed by atoms with Gasteiger partial charge in [-0.15, -0.1) is 5.06 Å². The zero-order valence-corrected chi connectivity index (χ0v) is 17.9. The predicted molar refractivity (Wildman–Crippen MR) is 108 cm³/mol. The van der Waals surface area contributed by atoms with Gasteiger partial charge >= 0.3 is 11.9 Å². The highest BCUT2D eigenvalue weighted by Gasteiger charge is 2.32. The lowest BCUT2D eigenvalue weighted by molar-refractivity contribution is -0.197. The van der Waals surface area contributed by atoms with Crippen LogP contribution in [0.25, 0.3) is 0 Å². The van der Waals surface area contributed by atoms with Crippen molar-refractivity contribution < 1.29 is 28.8 Å². The Labute approximate surface area is 174 Å². The Hall–Kier alpha value is -1.92. The van der Waals surface area contributed by atoms with Crippen molar-refractivity contribution in [1.82, 2.24) is 5.06 Å². The molecular weight excluding hydrogens is 374 g/mol. The first-order valence-corrected chi connectivity index (χ1v) is 11.2. The number of rotatable bonds is 17. The molecule has 0 radical (unpaired) electrons. The summed E-state index contributed by atoms with van der Waals surface area (Å²) in [6.45, 7) is 0. The molecule has 0 unspecified atom stereocenters. The van der Waals surface area contributed by atoms with Crippen molar-refractivity contribution in [2.45, 2.75) is 109 Å². The molecule has 1 rings (SSSR count). The van der Waals surface area contributed by atoms with E-state index in [0.29, 0.717) is 11.5 Å². The topological polar surface area (TPSA) is 90.0 Å². The molecule has 1 aliphatic heterocycles. The maximum Gasteiger partial charge on any atom is 0.333 e. The molecule has 0 bridgehead atoms. The van der Waals surface area contributed by atoms with E-state index >= 15 is 0 Å². The van der Waals surface area contributed by atoms with Gasteiger partial charge in [0, 0.05) is 25.7 Å². The molecule has 0 saturated carbocycles. The molecule has 7 nitrogen and oxygen atoms in total. The highest BCUT2D eigenvalue weighted by Crippen LogP contribution is 2.15. The Morgan fingerprint density at radius 3 is 1.38 bits per heavy atom. The molecule has 166 valence electrons.